The van der Waals surface area contributed by atoms with Crippen molar-refractivity contribution in [1.29, 1.82) is 0 Å². The van der Waals surface area contributed by atoms with Crippen LogP contribution >= 0.6 is 11.8 Å². The Kier molecular flexibility index (Phi) is 3.34. The molecule has 0 aliphatic carbocycles. The van der Waals surface area contributed by atoms with Crippen molar-refractivity contribution < 1.29 is 5.21 Å². The molecule has 3 N–H and O–H groups in total. The second-order valence-electron chi connectivity index (χ2n) is 3.31. The summed E-state index contributed by atoms with van der Waals surface area (Å²) in [5.41, 5.74) is 7.28. The highest BCUT2D eigenvalue weighted by molar-refractivity contribution is 7.98. The van der Waals surface area contributed by atoms with Crippen LogP contribution in [0.25, 0.3) is 5.69 Å². The summed E-state index contributed by atoms with van der Waals surface area (Å²) >= 11 is 1.54. The highest BCUT2D eigenvalue weighted by Crippen LogP contribution is 2.25. The molecular weight excluding hydrogens is 236 g/mol. The van der Waals surface area contributed by atoms with E-state index in [0.717, 1.165) is 10.6 Å². The third kappa shape index (κ3) is 2.12. The number of oxime groups is 1. The van der Waals surface area contributed by atoms with Crippen LogP contribution in [-0.4, -0.2) is 26.8 Å². The van der Waals surface area contributed by atoms with Gasteiger partial charge in [0.25, 0.3) is 0 Å². The smallest absolute Gasteiger partial charge is 0.173 e. The van der Waals surface area contributed by atoms with E-state index in [0.29, 0.717) is 5.56 Å². The fraction of sp³-hybridized carbons (Fsp3) is 0.0909. The Balaban J connectivity index is 2.67. The third-order valence-electron chi connectivity index (χ3n) is 2.37. The zero-order chi connectivity index (χ0) is 12.3. The number of rotatable bonds is 3. The van der Waals surface area contributed by atoms with Crippen LogP contribution in [0.3, 0.4) is 0 Å². The maximum Gasteiger partial charge on any atom is 0.173 e. The lowest BCUT2D eigenvalue weighted by atomic mass is 10.1. The molecule has 5 nitrogen and oxygen atoms in total. The van der Waals surface area contributed by atoms with Crippen LogP contribution in [0.15, 0.2) is 47.0 Å². The van der Waals surface area contributed by atoms with Crippen molar-refractivity contribution >= 4 is 17.6 Å². The van der Waals surface area contributed by atoms with Gasteiger partial charge in [-0.05, 0) is 18.4 Å². The van der Waals surface area contributed by atoms with Crippen molar-refractivity contribution in [3.05, 3.63) is 42.5 Å². The molecule has 0 radical (unpaired) electrons. The lowest BCUT2D eigenvalue weighted by molar-refractivity contribution is 0.318. The zero-order valence-electron chi connectivity index (χ0n) is 9.24. The maximum absolute atomic E-state index is 8.86. The van der Waals surface area contributed by atoms with Gasteiger partial charge in [0.1, 0.15) is 0 Å². The fourth-order valence-electron chi connectivity index (χ4n) is 1.61. The topological polar surface area (TPSA) is 76.4 Å². The second kappa shape index (κ2) is 4.92. The quantitative estimate of drug-likeness (QED) is 0.285. The standard InChI is InChI=1S/C11H12N4OS/c1-17-9-4-2-3-8(10(9)11(12)14-16)15-6-5-13-7-15/h2-7,16H,1H3,(H2,12,14). The van der Waals surface area contributed by atoms with Crippen LogP contribution in [-0.2, 0) is 0 Å². The van der Waals surface area contributed by atoms with Gasteiger partial charge in [0.05, 0.1) is 17.6 Å². The zero-order valence-corrected chi connectivity index (χ0v) is 10.1. The third-order valence-corrected chi connectivity index (χ3v) is 3.15. The summed E-state index contributed by atoms with van der Waals surface area (Å²) < 4.78 is 1.83. The molecule has 6 heteroatoms. The summed E-state index contributed by atoms with van der Waals surface area (Å²) in [5.74, 6) is 0.0960. The fourth-order valence-corrected chi connectivity index (χ4v) is 2.24. The molecule has 0 spiro atoms. The van der Waals surface area contributed by atoms with E-state index in [9.17, 15) is 0 Å². The molecule has 0 saturated heterocycles. The Hall–Kier alpha value is -1.95. The Morgan fingerprint density at radius 2 is 2.35 bits per heavy atom. The number of benzene rings is 1. The molecule has 2 aromatic rings. The van der Waals surface area contributed by atoms with E-state index in [2.05, 4.69) is 10.1 Å². The van der Waals surface area contributed by atoms with Gasteiger partial charge >= 0.3 is 0 Å². The highest BCUT2D eigenvalue weighted by atomic mass is 32.2. The van der Waals surface area contributed by atoms with Gasteiger partial charge in [-0.25, -0.2) is 4.98 Å². The number of aromatic nitrogens is 2. The van der Waals surface area contributed by atoms with Gasteiger partial charge in [0, 0.05) is 17.3 Å². The molecule has 0 amide bonds. The number of nitrogens with zero attached hydrogens (tertiary/aromatic N) is 3. The van der Waals surface area contributed by atoms with E-state index < -0.39 is 0 Å². The largest absolute Gasteiger partial charge is 0.409 e. The van der Waals surface area contributed by atoms with E-state index in [1.165, 1.54) is 0 Å². The molecule has 1 heterocycles. The number of imidazole rings is 1. The Morgan fingerprint density at radius 3 is 2.94 bits per heavy atom. The van der Waals surface area contributed by atoms with E-state index in [1.807, 2.05) is 35.2 Å². The first-order valence-corrected chi connectivity index (χ1v) is 6.13. The van der Waals surface area contributed by atoms with Crippen LogP contribution in [0.5, 0.6) is 0 Å². The minimum atomic E-state index is 0.0960. The average molecular weight is 248 g/mol. The normalized spacial score (nSPS) is 11.7. The van der Waals surface area contributed by atoms with Crippen molar-refractivity contribution in [3.8, 4) is 5.69 Å². The van der Waals surface area contributed by atoms with Crippen LogP contribution in [0.4, 0.5) is 0 Å². The molecule has 0 aliphatic rings. The van der Waals surface area contributed by atoms with Crippen LogP contribution < -0.4 is 5.73 Å². The Morgan fingerprint density at radius 1 is 1.53 bits per heavy atom. The molecule has 17 heavy (non-hydrogen) atoms. The monoisotopic (exact) mass is 248 g/mol. The molecule has 2 rings (SSSR count). The molecule has 0 fully saturated rings. The van der Waals surface area contributed by atoms with Crippen molar-refractivity contribution in [1.82, 2.24) is 9.55 Å². The number of hydrogen-bond acceptors (Lipinski definition) is 4. The number of amidine groups is 1. The lowest BCUT2D eigenvalue weighted by Gasteiger charge is -2.12. The van der Waals surface area contributed by atoms with Gasteiger partial charge in [0.15, 0.2) is 5.84 Å². The number of nitrogens with two attached hydrogens (primary N) is 1. The van der Waals surface area contributed by atoms with Crippen molar-refractivity contribution in [2.75, 3.05) is 6.26 Å². The minimum Gasteiger partial charge on any atom is -0.409 e. The van der Waals surface area contributed by atoms with Crippen LogP contribution in [0, 0.1) is 0 Å². The van der Waals surface area contributed by atoms with Gasteiger partial charge in [-0.15, -0.1) is 11.8 Å². The highest BCUT2D eigenvalue weighted by Gasteiger charge is 2.13. The van der Waals surface area contributed by atoms with Crippen molar-refractivity contribution in [2.45, 2.75) is 4.90 Å². The molecule has 0 saturated carbocycles. The van der Waals surface area contributed by atoms with E-state index in [-0.39, 0.29) is 5.84 Å². The van der Waals surface area contributed by atoms with E-state index >= 15 is 0 Å². The van der Waals surface area contributed by atoms with Crippen LogP contribution in [0.1, 0.15) is 5.56 Å². The molecule has 0 atom stereocenters. The molecule has 1 aromatic heterocycles. The predicted octanol–water partition coefficient (Wildman–Crippen LogP) is 1.69. The van der Waals surface area contributed by atoms with Crippen molar-refractivity contribution in [2.24, 2.45) is 10.9 Å². The van der Waals surface area contributed by atoms with E-state index in [4.69, 9.17) is 10.9 Å². The molecule has 88 valence electrons. The summed E-state index contributed by atoms with van der Waals surface area (Å²) in [6, 6.07) is 5.75. The summed E-state index contributed by atoms with van der Waals surface area (Å²) in [7, 11) is 0. The first kappa shape index (κ1) is 11.5. The summed E-state index contributed by atoms with van der Waals surface area (Å²) in [5, 5.41) is 11.9. The van der Waals surface area contributed by atoms with Gasteiger partial charge in [-0.3, -0.25) is 0 Å². The van der Waals surface area contributed by atoms with Gasteiger partial charge in [0.2, 0.25) is 0 Å². The lowest BCUT2D eigenvalue weighted by Crippen LogP contribution is -2.17. The maximum atomic E-state index is 8.86. The number of thioether (sulfide) groups is 1. The minimum absolute atomic E-state index is 0.0960. The van der Waals surface area contributed by atoms with Gasteiger partial charge in [-0.2, -0.15) is 0 Å². The molecular formula is C11H12N4OS. The first-order chi connectivity index (χ1) is 8.27. The summed E-state index contributed by atoms with van der Waals surface area (Å²) in [4.78, 5) is 4.94. The Bertz CT molecular complexity index is 536. The van der Waals surface area contributed by atoms with Crippen molar-refractivity contribution in [3.63, 3.8) is 0 Å². The van der Waals surface area contributed by atoms with Gasteiger partial charge in [-0.1, -0.05) is 11.2 Å². The molecule has 0 aliphatic heterocycles. The molecule has 0 unspecified atom stereocenters. The van der Waals surface area contributed by atoms with Crippen LogP contribution in [0.2, 0.25) is 0 Å². The molecule has 1 aromatic carbocycles. The predicted molar refractivity (Wildman–Crippen MR) is 67.9 cm³/mol. The van der Waals surface area contributed by atoms with E-state index in [1.54, 1.807) is 24.3 Å². The molecule has 0 bridgehead atoms. The summed E-state index contributed by atoms with van der Waals surface area (Å²) in [6.07, 6.45) is 7.12. The second-order valence-corrected chi connectivity index (χ2v) is 4.16. The first-order valence-electron chi connectivity index (χ1n) is 4.91. The Labute approximate surface area is 103 Å². The van der Waals surface area contributed by atoms with Gasteiger partial charge < -0.3 is 15.5 Å². The average Bonchev–Trinajstić information content (AvgIpc) is 2.90. The SMILES string of the molecule is CSc1cccc(-n2ccnc2)c1/C(N)=N/O. The summed E-state index contributed by atoms with van der Waals surface area (Å²) in [6.45, 7) is 0. The number of hydrogen-bond donors (Lipinski definition) is 2.